The van der Waals surface area contributed by atoms with Crippen LogP contribution < -0.4 is 0 Å². The Kier molecular flexibility index (Phi) is 3.20. The van der Waals surface area contributed by atoms with Crippen LogP contribution in [0.5, 0.6) is 0 Å². The molecule has 0 radical (unpaired) electrons. The fraction of sp³-hybridized carbons (Fsp3) is 0. The van der Waals surface area contributed by atoms with E-state index in [1.165, 1.54) is 24.4 Å². The fourth-order valence-electron chi connectivity index (χ4n) is 2.83. The van der Waals surface area contributed by atoms with Crippen molar-refractivity contribution in [2.45, 2.75) is 0 Å². The number of nitrogens with zero attached hydrogens (tertiary/aromatic N) is 2. The van der Waals surface area contributed by atoms with E-state index in [1.54, 1.807) is 30.3 Å². The predicted octanol–water partition coefficient (Wildman–Crippen LogP) is 3.61. The van der Waals surface area contributed by atoms with Crippen molar-refractivity contribution < 1.29 is 14.0 Å². The number of amides is 2. The van der Waals surface area contributed by atoms with E-state index in [-0.39, 0.29) is 0 Å². The molecule has 0 N–H and O–H groups in total. The molecule has 0 atom stereocenters. The van der Waals surface area contributed by atoms with E-state index >= 15 is 0 Å². The molecule has 1 aliphatic heterocycles. The zero-order valence-corrected chi connectivity index (χ0v) is 12.4. The minimum Gasteiger partial charge on any atom is -0.267 e. The highest BCUT2D eigenvalue weighted by molar-refractivity contribution is 6.25. The normalized spacial score (nSPS) is 14.0. The first kappa shape index (κ1) is 14.3. The van der Waals surface area contributed by atoms with Gasteiger partial charge in [-0.2, -0.15) is 10.1 Å². The lowest BCUT2D eigenvalue weighted by Crippen LogP contribution is -2.36. The molecule has 4 rings (SSSR count). The molecule has 0 fully saturated rings. The first-order chi connectivity index (χ1) is 11.6. The third kappa shape index (κ3) is 2.18. The van der Waals surface area contributed by atoms with E-state index in [9.17, 15) is 14.0 Å². The number of carbonyl (C=O) groups excluding carboxylic acids is 2. The first-order valence-electron chi connectivity index (χ1n) is 7.35. The van der Waals surface area contributed by atoms with Crippen molar-refractivity contribution in [2.75, 3.05) is 0 Å². The molecular formula is C19H11FN2O2. The van der Waals surface area contributed by atoms with E-state index < -0.39 is 17.6 Å². The molecule has 0 saturated carbocycles. The van der Waals surface area contributed by atoms with E-state index in [2.05, 4.69) is 5.10 Å². The highest BCUT2D eigenvalue weighted by Gasteiger charge is 2.32. The second-order valence-electron chi connectivity index (χ2n) is 5.43. The average Bonchev–Trinajstić information content (AvgIpc) is 2.59. The van der Waals surface area contributed by atoms with Crippen LogP contribution in [0.25, 0.3) is 10.8 Å². The molecule has 5 heteroatoms. The van der Waals surface area contributed by atoms with Gasteiger partial charge in [-0.1, -0.05) is 36.4 Å². The molecule has 0 saturated heterocycles. The predicted molar refractivity (Wildman–Crippen MR) is 88.4 cm³/mol. The van der Waals surface area contributed by atoms with Crippen LogP contribution in [0.15, 0.2) is 65.8 Å². The van der Waals surface area contributed by atoms with Gasteiger partial charge in [0.05, 0.1) is 17.3 Å². The quantitative estimate of drug-likeness (QED) is 0.535. The zero-order valence-electron chi connectivity index (χ0n) is 12.4. The molecule has 0 unspecified atom stereocenters. The van der Waals surface area contributed by atoms with Crippen LogP contribution in [0, 0.1) is 5.82 Å². The van der Waals surface area contributed by atoms with E-state index in [1.807, 2.05) is 12.1 Å². The van der Waals surface area contributed by atoms with E-state index in [4.69, 9.17) is 0 Å². The maximum absolute atomic E-state index is 13.2. The summed E-state index contributed by atoms with van der Waals surface area (Å²) >= 11 is 0. The number of hydrazone groups is 1. The van der Waals surface area contributed by atoms with Crippen LogP contribution >= 0.6 is 0 Å². The molecule has 4 nitrogen and oxygen atoms in total. The van der Waals surface area contributed by atoms with Gasteiger partial charge in [0.25, 0.3) is 11.8 Å². The second kappa shape index (κ2) is 5.38. The third-order valence-electron chi connectivity index (χ3n) is 3.92. The van der Waals surface area contributed by atoms with Crippen LogP contribution in [0.2, 0.25) is 0 Å². The molecule has 1 aliphatic rings. The van der Waals surface area contributed by atoms with Crippen molar-refractivity contribution >= 4 is 28.8 Å². The van der Waals surface area contributed by atoms with Crippen molar-refractivity contribution in [3.05, 3.63) is 83.2 Å². The van der Waals surface area contributed by atoms with Gasteiger partial charge in [0, 0.05) is 5.39 Å². The van der Waals surface area contributed by atoms with Crippen LogP contribution in [0.3, 0.4) is 0 Å². The zero-order chi connectivity index (χ0) is 16.7. The smallest absolute Gasteiger partial charge is 0.267 e. The Labute approximate surface area is 136 Å². The highest BCUT2D eigenvalue weighted by atomic mass is 19.1. The summed E-state index contributed by atoms with van der Waals surface area (Å²) in [5.74, 6) is -1.39. The Morgan fingerprint density at radius 3 is 2.12 bits per heavy atom. The molecule has 1 heterocycles. The Hall–Kier alpha value is -3.34. The Morgan fingerprint density at radius 1 is 0.875 bits per heavy atom. The molecule has 3 aromatic carbocycles. The lowest BCUT2D eigenvalue weighted by atomic mass is 9.95. The summed E-state index contributed by atoms with van der Waals surface area (Å²) < 4.78 is 13.2. The number of carbonyl (C=O) groups is 2. The van der Waals surface area contributed by atoms with Crippen molar-refractivity contribution in [1.82, 2.24) is 5.01 Å². The Balaban J connectivity index is 1.79. The second-order valence-corrected chi connectivity index (χ2v) is 5.43. The molecule has 2 amide bonds. The number of rotatable bonds is 2. The molecular weight excluding hydrogens is 307 g/mol. The summed E-state index contributed by atoms with van der Waals surface area (Å²) in [6, 6.07) is 16.3. The number of hydrogen-bond donors (Lipinski definition) is 0. The molecule has 0 aliphatic carbocycles. The summed E-state index contributed by atoms with van der Waals surface area (Å²) in [6.45, 7) is 0. The number of benzene rings is 3. The maximum Gasteiger partial charge on any atom is 0.282 e. The largest absolute Gasteiger partial charge is 0.282 e. The fourth-order valence-corrected chi connectivity index (χ4v) is 2.83. The Morgan fingerprint density at radius 2 is 1.50 bits per heavy atom. The summed E-state index contributed by atoms with van der Waals surface area (Å²) in [4.78, 5) is 25.2. The summed E-state index contributed by atoms with van der Waals surface area (Å²) in [5.41, 5.74) is 1.32. The molecule has 0 bridgehead atoms. The molecule has 0 aromatic heterocycles. The van der Waals surface area contributed by atoms with Gasteiger partial charge in [0.1, 0.15) is 5.82 Å². The van der Waals surface area contributed by atoms with Gasteiger partial charge in [-0.25, -0.2) is 4.39 Å². The standard InChI is InChI=1S/C19H11FN2O2/c20-14-7-1-4-12(10-14)11-21-22-18(23)15-8-2-5-13-6-3-9-16(17(13)15)19(22)24/h1-11H/b21-11-. The topological polar surface area (TPSA) is 49.7 Å². The first-order valence-corrected chi connectivity index (χ1v) is 7.35. The monoisotopic (exact) mass is 318 g/mol. The minimum atomic E-state index is -0.489. The third-order valence-corrected chi connectivity index (χ3v) is 3.92. The van der Waals surface area contributed by atoms with Crippen molar-refractivity contribution in [3.8, 4) is 0 Å². The summed E-state index contributed by atoms with van der Waals surface area (Å²) in [5, 5.41) is 6.29. The molecule has 0 spiro atoms. The average molecular weight is 318 g/mol. The van der Waals surface area contributed by atoms with Crippen LogP contribution in [-0.2, 0) is 0 Å². The molecule has 3 aromatic rings. The van der Waals surface area contributed by atoms with Gasteiger partial charge in [-0.05, 0) is 35.2 Å². The molecule has 116 valence electrons. The number of halogens is 1. The van der Waals surface area contributed by atoms with Gasteiger partial charge >= 0.3 is 0 Å². The van der Waals surface area contributed by atoms with Gasteiger partial charge in [0.15, 0.2) is 0 Å². The number of hydrogen-bond acceptors (Lipinski definition) is 3. The summed E-state index contributed by atoms with van der Waals surface area (Å²) in [6.07, 6.45) is 1.30. The van der Waals surface area contributed by atoms with Crippen molar-refractivity contribution in [3.63, 3.8) is 0 Å². The van der Waals surface area contributed by atoms with Gasteiger partial charge in [-0.15, -0.1) is 0 Å². The Bertz CT molecular complexity index is 976. The van der Waals surface area contributed by atoms with Gasteiger partial charge < -0.3 is 0 Å². The molecule has 24 heavy (non-hydrogen) atoms. The lowest BCUT2D eigenvalue weighted by molar-refractivity contribution is 0.0616. The summed E-state index contributed by atoms with van der Waals surface area (Å²) in [7, 11) is 0. The van der Waals surface area contributed by atoms with Crippen LogP contribution in [0.1, 0.15) is 26.3 Å². The van der Waals surface area contributed by atoms with Crippen LogP contribution in [-0.4, -0.2) is 23.0 Å². The highest BCUT2D eigenvalue weighted by Crippen LogP contribution is 2.29. The van der Waals surface area contributed by atoms with Crippen molar-refractivity contribution in [1.29, 1.82) is 0 Å². The van der Waals surface area contributed by atoms with E-state index in [0.29, 0.717) is 22.1 Å². The maximum atomic E-state index is 13.2. The van der Waals surface area contributed by atoms with E-state index in [0.717, 1.165) is 10.4 Å². The van der Waals surface area contributed by atoms with Crippen LogP contribution in [0.4, 0.5) is 4.39 Å². The van der Waals surface area contributed by atoms with Crippen molar-refractivity contribution in [2.24, 2.45) is 5.10 Å². The SMILES string of the molecule is O=C1c2cccc3cccc(c23)C(=O)N1/N=C\c1cccc(F)c1. The number of imide groups is 1. The minimum absolute atomic E-state index is 0.412. The van der Waals surface area contributed by atoms with Gasteiger partial charge in [-0.3, -0.25) is 9.59 Å². The lowest BCUT2D eigenvalue weighted by Gasteiger charge is -2.22. The van der Waals surface area contributed by atoms with Gasteiger partial charge in [0.2, 0.25) is 0 Å².